The van der Waals surface area contributed by atoms with Crippen molar-refractivity contribution >= 4 is 39.2 Å². The van der Waals surface area contributed by atoms with Crippen molar-refractivity contribution in [3.63, 3.8) is 0 Å². The van der Waals surface area contributed by atoms with Crippen molar-refractivity contribution in [2.45, 2.75) is 6.42 Å². The molecule has 2 aromatic heterocycles. The fourth-order valence-corrected chi connectivity index (χ4v) is 5.26. The van der Waals surface area contributed by atoms with Crippen molar-refractivity contribution in [3.05, 3.63) is 107 Å². The highest BCUT2D eigenvalue weighted by atomic mass is 16.5. The van der Waals surface area contributed by atoms with E-state index < -0.39 is 0 Å². The minimum Gasteiger partial charge on any atom is -0.378 e. The molecule has 4 aromatic carbocycles. The quantitative estimate of drug-likeness (QED) is 0.185. The van der Waals surface area contributed by atoms with Crippen molar-refractivity contribution in [2.75, 3.05) is 31.2 Å². The minimum absolute atomic E-state index is 0.0299. The molecule has 1 fully saturated rings. The smallest absolute Gasteiger partial charge is 0.187 e. The van der Waals surface area contributed by atoms with E-state index in [1.807, 2.05) is 48.5 Å². The molecule has 0 radical (unpaired) electrons. The van der Waals surface area contributed by atoms with E-state index in [-0.39, 0.29) is 12.2 Å². The van der Waals surface area contributed by atoms with E-state index in [4.69, 9.17) is 16.3 Å². The van der Waals surface area contributed by atoms with E-state index in [0.717, 1.165) is 70.9 Å². The summed E-state index contributed by atoms with van der Waals surface area (Å²) in [7, 11) is 0. The number of benzene rings is 4. The molecule has 7 rings (SSSR count). The van der Waals surface area contributed by atoms with Crippen molar-refractivity contribution in [1.82, 2.24) is 19.9 Å². The number of imidazole rings is 2. The van der Waals surface area contributed by atoms with Gasteiger partial charge in [0.2, 0.25) is 0 Å². The van der Waals surface area contributed by atoms with Crippen LogP contribution >= 0.6 is 0 Å². The summed E-state index contributed by atoms with van der Waals surface area (Å²) < 4.78 is 5.46. The van der Waals surface area contributed by atoms with Gasteiger partial charge in [-0.15, -0.1) is 0 Å². The molecule has 8 nitrogen and oxygen atoms in total. The van der Waals surface area contributed by atoms with E-state index >= 15 is 0 Å². The maximum absolute atomic E-state index is 13.2. The van der Waals surface area contributed by atoms with E-state index in [1.54, 1.807) is 12.1 Å². The van der Waals surface area contributed by atoms with Crippen molar-refractivity contribution in [2.24, 2.45) is 0 Å². The van der Waals surface area contributed by atoms with Gasteiger partial charge in [0.1, 0.15) is 11.6 Å². The number of rotatable bonds is 6. The number of nitrogens with zero attached hydrogens (tertiary/aromatic N) is 4. The average molecular weight is 539 g/mol. The van der Waals surface area contributed by atoms with Crippen LogP contribution < -0.4 is 4.90 Å². The lowest BCUT2D eigenvalue weighted by Gasteiger charge is -2.28. The van der Waals surface area contributed by atoms with Crippen LogP contribution in [-0.4, -0.2) is 52.0 Å². The Bertz CT molecular complexity index is 1920. The van der Waals surface area contributed by atoms with Gasteiger partial charge in [-0.25, -0.2) is 14.8 Å². The number of aromatic nitrogens is 4. The molecule has 200 valence electrons. The fraction of sp³-hybridized carbons (Fsp3) is 0.152. The van der Waals surface area contributed by atoms with Gasteiger partial charge in [-0.05, 0) is 60.2 Å². The molecule has 1 aliphatic heterocycles. The monoisotopic (exact) mass is 538 g/mol. The summed E-state index contributed by atoms with van der Waals surface area (Å²) in [6.07, 6.45) is 0.281. The third-order valence-electron chi connectivity index (χ3n) is 7.50. The lowest BCUT2D eigenvalue weighted by molar-refractivity contribution is 0.0993. The number of ketones is 1. The van der Waals surface area contributed by atoms with Crippen LogP contribution in [0.25, 0.3) is 49.7 Å². The number of ether oxygens (including phenoxy) is 1. The van der Waals surface area contributed by atoms with E-state index in [9.17, 15) is 4.79 Å². The van der Waals surface area contributed by atoms with Crippen molar-refractivity contribution < 1.29 is 9.53 Å². The first-order valence-corrected chi connectivity index (χ1v) is 13.6. The fourth-order valence-electron chi connectivity index (χ4n) is 5.26. The highest BCUT2D eigenvalue weighted by molar-refractivity contribution is 6.00. The van der Waals surface area contributed by atoms with E-state index in [2.05, 4.69) is 49.0 Å². The van der Waals surface area contributed by atoms with Gasteiger partial charge in [-0.3, -0.25) is 4.79 Å². The van der Waals surface area contributed by atoms with Gasteiger partial charge in [-0.2, -0.15) is 0 Å². The van der Waals surface area contributed by atoms with Crippen LogP contribution in [0.2, 0.25) is 0 Å². The molecule has 6 aromatic rings. The SMILES string of the molecule is [C-]#[N+]c1ccc(-c2nc3ccc(C(=O)Cc4ccc5nc(-c6ccc(N7CCOCC7)cc6)[nH]c5c4)cc3[nH]2)cc1. The summed E-state index contributed by atoms with van der Waals surface area (Å²) in [5.41, 5.74) is 8.59. The molecule has 0 saturated carbocycles. The van der Waals surface area contributed by atoms with Crippen LogP contribution in [-0.2, 0) is 11.2 Å². The van der Waals surface area contributed by atoms with Crippen molar-refractivity contribution in [3.8, 4) is 22.8 Å². The highest BCUT2D eigenvalue weighted by Crippen LogP contribution is 2.26. The van der Waals surface area contributed by atoms with Gasteiger partial charge in [-0.1, -0.05) is 30.3 Å². The summed E-state index contributed by atoms with van der Waals surface area (Å²) >= 11 is 0. The third-order valence-corrected chi connectivity index (χ3v) is 7.50. The first kappa shape index (κ1) is 24.8. The maximum Gasteiger partial charge on any atom is 0.187 e. The number of aromatic amines is 2. The predicted octanol–water partition coefficient (Wildman–Crippen LogP) is 6.59. The van der Waals surface area contributed by atoms with Gasteiger partial charge < -0.3 is 19.6 Å². The van der Waals surface area contributed by atoms with Crippen molar-refractivity contribution in [1.29, 1.82) is 0 Å². The zero-order valence-electron chi connectivity index (χ0n) is 22.2. The summed E-state index contributed by atoms with van der Waals surface area (Å²) in [5.74, 6) is 1.54. The molecule has 8 heteroatoms. The Morgan fingerprint density at radius 1 is 0.805 bits per heavy atom. The topological polar surface area (TPSA) is 91.3 Å². The molecule has 2 N–H and O–H groups in total. The Hall–Kier alpha value is -5.26. The van der Waals surface area contributed by atoms with Gasteiger partial charge in [0.25, 0.3) is 0 Å². The first-order chi connectivity index (χ1) is 20.1. The number of hydrogen-bond donors (Lipinski definition) is 2. The first-order valence-electron chi connectivity index (χ1n) is 13.6. The van der Waals surface area contributed by atoms with Gasteiger partial charge in [0.15, 0.2) is 11.5 Å². The van der Waals surface area contributed by atoms with Crippen LogP contribution in [0.1, 0.15) is 15.9 Å². The number of Topliss-reactive ketones (excluding diaryl/α,β-unsaturated/α-hetero) is 1. The number of carbonyl (C=O) groups excluding carboxylic acids is 1. The largest absolute Gasteiger partial charge is 0.378 e. The second kappa shape index (κ2) is 10.4. The Balaban J connectivity index is 1.08. The standard InChI is InChI=1S/C33H26N6O2/c1-34-25-8-3-22(4-9-25)32-36-28-13-7-24(20-30(28)38-32)31(40)19-21-2-12-27-29(18-21)37-33(35-27)23-5-10-26(11-6-23)39-14-16-41-17-15-39/h2-13,18,20H,14-17,19H2,(H,35,37)(H,36,38). The molecular weight excluding hydrogens is 512 g/mol. The molecule has 1 aliphatic rings. The summed E-state index contributed by atoms with van der Waals surface area (Å²) in [6.45, 7) is 10.5. The molecule has 41 heavy (non-hydrogen) atoms. The number of anilines is 1. The molecule has 0 atom stereocenters. The lowest BCUT2D eigenvalue weighted by Crippen LogP contribution is -2.36. The number of nitrogens with one attached hydrogen (secondary N) is 2. The van der Waals surface area contributed by atoms with Gasteiger partial charge in [0.05, 0.1) is 41.9 Å². The maximum atomic E-state index is 13.2. The molecule has 0 amide bonds. The normalized spacial score (nSPS) is 13.5. The molecule has 1 saturated heterocycles. The Morgan fingerprint density at radius 3 is 2.07 bits per heavy atom. The molecule has 0 aliphatic carbocycles. The number of hydrogen-bond acceptors (Lipinski definition) is 5. The lowest BCUT2D eigenvalue weighted by atomic mass is 10.0. The Labute approximate surface area is 236 Å². The van der Waals surface area contributed by atoms with Gasteiger partial charge >= 0.3 is 0 Å². The summed E-state index contributed by atoms with van der Waals surface area (Å²) in [6, 6.07) is 27.2. The van der Waals surface area contributed by atoms with Crippen LogP contribution in [0, 0.1) is 6.57 Å². The summed E-state index contributed by atoms with van der Waals surface area (Å²) in [4.78, 5) is 35.2. The van der Waals surface area contributed by atoms with Gasteiger partial charge in [0, 0.05) is 41.9 Å². The second-order valence-electron chi connectivity index (χ2n) is 10.2. The number of H-pyrrole nitrogens is 2. The second-order valence-corrected chi connectivity index (χ2v) is 10.2. The zero-order chi connectivity index (χ0) is 27.8. The predicted molar refractivity (Wildman–Crippen MR) is 160 cm³/mol. The van der Waals surface area contributed by atoms with E-state index in [1.165, 1.54) is 5.69 Å². The molecule has 0 spiro atoms. The Kier molecular flexibility index (Phi) is 6.26. The van der Waals surface area contributed by atoms with Crippen LogP contribution in [0.15, 0.2) is 84.9 Å². The number of fused-ring (bicyclic) bond motifs is 2. The number of carbonyl (C=O) groups is 1. The zero-order valence-corrected chi connectivity index (χ0v) is 22.2. The van der Waals surface area contributed by atoms with Crippen LogP contribution in [0.3, 0.4) is 0 Å². The average Bonchev–Trinajstić information content (AvgIpc) is 3.65. The minimum atomic E-state index is 0.0299. The summed E-state index contributed by atoms with van der Waals surface area (Å²) in [5, 5.41) is 0. The third kappa shape index (κ3) is 4.95. The molecule has 0 bridgehead atoms. The van der Waals surface area contributed by atoms with Crippen LogP contribution in [0.5, 0.6) is 0 Å². The molecule has 3 heterocycles. The van der Waals surface area contributed by atoms with E-state index in [0.29, 0.717) is 17.1 Å². The van der Waals surface area contributed by atoms with Crippen LogP contribution in [0.4, 0.5) is 11.4 Å². The number of morpholine rings is 1. The molecule has 0 unspecified atom stereocenters. The Morgan fingerprint density at radius 2 is 1.41 bits per heavy atom. The molecular formula is C33H26N6O2. The highest BCUT2D eigenvalue weighted by Gasteiger charge is 2.14.